The van der Waals surface area contributed by atoms with Crippen molar-refractivity contribution in [3.05, 3.63) is 18.1 Å². The molecule has 0 aliphatic carbocycles. The van der Waals surface area contributed by atoms with Crippen molar-refractivity contribution in [3.63, 3.8) is 0 Å². The van der Waals surface area contributed by atoms with Crippen LogP contribution < -0.4 is 4.90 Å². The molecule has 0 radical (unpaired) electrons. The van der Waals surface area contributed by atoms with Crippen molar-refractivity contribution in [1.82, 2.24) is 14.9 Å². The van der Waals surface area contributed by atoms with Gasteiger partial charge >= 0.3 is 0 Å². The van der Waals surface area contributed by atoms with Crippen LogP contribution in [0.5, 0.6) is 0 Å². The van der Waals surface area contributed by atoms with Crippen LogP contribution in [0.25, 0.3) is 0 Å². The Morgan fingerprint density at radius 1 is 0.818 bits per heavy atom. The molecule has 1 aromatic rings. The molecule has 22 heavy (non-hydrogen) atoms. The van der Waals surface area contributed by atoms with Gasteiger partial charge in [0.05, 0.1) is 0 Å². The number of likely N-dealkylation sites (tertiary alicyclic amines) is 1. The quantitative estimate of drug-likeness (QED) is 0.843. The van der Waals surface area contributed by atoms with Gasteiger partial charge in [-0.15, -0.1) is 0 Å². The Labute approximate surface area is 132 Å². The van der Waals surface area contributed by atoms with Gasteiger partial charge in [-0.25, -0.2) is 9.97 Å². The third-order valence-electron chi connectivity index (χ3n) is 4.70. The fourth-order valence-corrected chi connectivity index (χ4v) is 3.37. The first-order chi connectivity index (χ1) is 10.8. The first-order valence-electron chi connectivity index (χ1n) is 8.71. The van der Waals surface area contributed by atoms with E-state index in [1.807, 2.05) is 11.0 Å². The van der Waals surface area contributed by atoms with E-state index in [1.165, 1.54) is 38.5 Å². The summed E-state index contributed by atoms with van der Waals surface area (Å²) in [4.78, 5) is 25.6. The van der Waals surface area contributed by atoms with Crippen LogP contribution in [0.4, 0.5) is 5.82 Å². The molecule has 120 valence electrons. The van der Waals surface area contributed by atoms with Crippen LogP contribution in [0.1, 0.15) is 61.9 Å². The largest absolute Gasteiger partial charge is 0.357 e. The molecule has 2 fully saturated rings. The molecule has 1 aromatic heterocycles. The first-order valence-corrected chi connectivity index (χ1v) is 8.71. The molecule has 0 spiro atoms. The van der Waals surface area contributed by atoms with Gasteiger partial charge in [0.1, 0.15) is 17.8 Å². The number of carbonyl (C=O) groups is 1. The summed E-state index contributed by atoms with van der Waals surface area (Å²) < 4.78 is 0. The van der Waals surface area contributed by atoms with Gasteiger partial charge in [-0.3, -0.25) is 4.79 Å². The fraction of sp³-hybridized carbons (Fsp3) is 0.706. The van der Waals surface area contributed by atoms with Crippen molar-refractivity contribution < 1.29 is 4.79 Å². The lowest BCUT2D eigenvalue weighted by Gasteiger charge is -2.23. The van der Waals surface area contributed by atoms with Gasteiger partial charge in [-0.05, 0) is 25.7 Å². The summed E-state index contributed by atoms with van der Waals surface area (Å²) in [5.74, 6) is 0.982. The highest BCUT2D eigenvalue weighted by Crippen LogP contribution is 2.19. The molecular formula is C17H26N4O. The number of hydrogen-bond acceptors (Lipinski definition) is 4. The first kappa shape index (κ1) is 15.3. The van der Waals surface area contributed by atoms with Gasteiger partial charge in [0.2, 0.25) is 0 Å². The lowest BCUT2D eigenvalue weighted by Crippen LogP contribution is -2.33. The topological polar surface area (TPSA) is 49.3 Å². The van der Waals surface area contributed by atoms with E-state index in [2.05, 4.69) is 14.9 Å². The summed E-state index contributed by atoms with van der Waals surface area (Å²) in [7, 11) is 0. The van der Waals surface area contributed by atoms with Crippen LogP contribution in [-0.4, -0.2) is 47.0 Å². The molecule has 5 nitrogen and oxygen atoms in total. The third kappa shape index (κ3) is 3.76. The van der Waals surface area contributed by atoms with Gasteiger partial charge < -0.3 is 9.80 Å². The van der Waals surface area contributed by atoms with Gasteiger partial charge in [0.15, 0.2) is 0 Å². The molecule has 2 saturated heterocycles. The van der Waals surface area contributed by atoms with Crippen LogP contribution >= 0.6 is 0 Å². The molecule has 0 unspecified atom stereocenters. The minimum atomic E-state index is 0.0698. The van der Waals surface area contributed by atoms with Crippen LogP contribution in [-0.2, 0) is 0 Å². The lowest BCUT2D eigenvalue weighted by molar-refractivity contribution is 0.0755. The van der Waals surface area contributed by atoms with Gasteiger partial charge in [-0.2, -0.15) is 0 Å². The summed E-state index contributed by atoms with van der Waals surface area (Å²) in [6.07, 6.45) is 11.2. The predicted octanol–water partition coefficient (Wildman–Crippen LogP) is 2.87. The van der Waals surface area contributed by atoms with Crippen LogP contribution in [0.2, 0.25) is 0 Å². The van der Waals surface area contributed by atoms with Crippen molar-refractivity contribution in [2.45, 2.75) is 51.4 Å². The SMILES string of the molecule is O=C(c1cc(N2CCCCCC2)ncn1)N1CCCCCC1. The van der Waals surface area contributed by atoms with E-state index in [4.69, 9.17) is 0 Å². The summed E-state index contributed by atoms with van der Waals surface area (Å²) in [6, 6.07) is 1.89. The predicted molar refractivity (Wildman–Crippen MR) is 87.1 cm³/mol. The van der Waals surface area contributed by atoms with Crippen LogP contribution in [0.15, 0.2) is 12.4 Å². The number of carbonyl (C=O) groups excluding carboxylic acids is 1. The summed E-state index contributed by atoms with van der Waals surface area (Å²) in [5, 5.41) is 0. The molecule has 0 aromatic carbocycles. The molecule has 3 heterocycles. The fourth-order valence-electron chi connectivity index (χ4n) is 3.37. The van der Waals surface area contributed by atoms with Gasteiger partial charge in [0, 0.05) is 32.2 Å². The van der Waals surface area contributed by atoms with Crippen molar-refractivity contribution in [3.8, 4) is 0 Å². The highest BCUT2D eigenvalue weighted by atomic mass is 16.2. The molecule has 3 rings (SSSR count). The average molecular weight is 302 g/mol. The summed E-state index contributed by atoms with van der Waals surface area (Å²) in [6.45, 7) is 3.80. The van der Waals surface area contributed by atoms with Crippen molar-refractivity contribution >= 4 is 11.7 Å². The van der Waals surface area contributed by atoms with E-state index in [9.17, 15) is 4.79 Å². The number of hydrogen-bond donors (Lipinski definition) is 0. The van der Waals surface area contributed by atoms with Crippen molar-refractivity contribution in [2.75, 3.05) is 31.1 Å². The number of aromatic nitrogens is 2. The minimum absolute atomic E-state index is 0.0698. The Bertz CT molecular complexity index is 489. The van der Waals surface area contributed by atoms with Gasteiger partial charge in [-0.1, -0.05) is 25.7 Å². The zero-order chi connectivity index (χ0) is 15.2. The van der Waals surface area contributed by atoms with Crippen molar-refractivity contribution in [2.24, 2.45) is 0 Å². The molecule has 0 bridgehead atoms. The van der Waals surface area contributed by atoms with Gasteiger partial charge in [0.25, 0.3) is 5.91 Å². The molecule has 2 aliphatic rings. The second-order valence-electron chi connectivity index (χ2n) is 6.37. The Morgan fingerprint density at radius 2 is 1.41 bits per heavy atom. The van der Waals surface area contributed by atoms with E-state index < -0.39 is 0 Å². The second kappa shape index (κ2) is 7.56. The Balaban J connectivity index is 1.73. The van der Waals surface area contributed by atoms with E-state index >= 15 is 0 Å². The van der Waals surface area contributed by atoms with Crippen LogP contribution in [0, 0.1) is 0 Å². The molecule has 0 N–H and O–H groups in total. The number of anilines is 1. The summed E-state index contributed by atoms with van der Waals surface area (Å²) in [5.41, 5.74) is 0.552. The normalized spacial score (nSPS) is 20.4. The monoisotopic (exact) mass is 302 g/mol. The molecule has 0 saturated carbocycles. The average Bonchev–Trinajstić information content (AvgIpc) is 2.99. The molecule has 1 amide bonds. The Kier molecular flexibility index (Phi) is 5.24. The maximum Gasteiger partial charge on any atom is 0.272 e. The molecule has 0 atom stereocenters. The van der Waals surface area contributed by atoms with E-state index in [0.29, 0.717) is 5.69 Å². The zero-order valence-electron chi connectivity index (χ0n) is 13.3. The van der Waals surface area contributed by atoms with E-state index in [0.717, 1.165) is 44.8 Å². The molecule has 2 aliphatic heterocycles. The van der Waals surface area contributed by atoms with Crippen LogP contribution in [0.3, 0.4) is 0 Å². The van der Waals surface area contributed by atoms with E-state index in [-0.39, 0.29) is 5.91 Å². The number of amides is 1. The number of rotatable bonds is 2. The standard InChI is InChI=1S/C17H26N4O/c22-17(21-11-7-3-4-8-12-21)15-13-16(19-14-18-15)20-9-5-1-2-6-10-20/h13-14H,1-12H2. The highest BCUT2D eigenvalue weighted by Gasteiger charge is 2.20. The Hall–Kier alpha value is -1.65. The van der Waals surface area contributed by atoms with Crippen molar-refractivity contribution in [1.29, 1.82) is 0 Å². The Morgan fingerprint density at radius 3 is 2.05 bits per heavy atom. The molecular weight excluding hydrogens is 276 g/mol. The second-order valence-corrected chi connectivity index (χ2v) is 6.37. The smallest absolute Gasteiger partial charge is 0.272 e. The maximum atomic E-state index is 12.7. The summed E-state index contributed by atoms with van der Waals surface area (Å²) >= 11 is 0. The third-order valence-corrected chi connectivity index (χ3v) is 4.70. The number of nitrogens with zero attached hydrogens (tertiary/aromatic N) is 4. The minimum Gasteiger partial charge on any atom is -0.357 e. The highest BCUT2D eigenvalue weighted by molar-refractivity contribution is 5.92. The van der Waals surface area contributed by atoms with E-state index in [1.54, 1.807) is 6.33 Å². The zero-order valence-corrected chi connectivity index (χ0v) is 13.3. The lowest BCUT2D eigenvalue weighted by atomic mass is 10.2. The molecule has 5 heteroatoms. The maximum absolute atomic E-state index is 12.7.